The van der Waals surface area contributed by atoms with Crippen LogP contribution in [0.15, 0.2) is 23.2 Å². The second kappa shape index (κ2) is 5.42. The van der Waals surface area contributed by atoms with Gasteiger partial charge in [-0.2, -0.15) is 0 Å². The number of hydrogen-bond acceptors (Lipinski definition) is 3. The Hall–Kier alpha value is -1.51. The summed E-state index contributed by atoms with van der Waals surface area (Å²) in [6.07, 6.45) is 5.88. The monoisotopic (exact) mass is 244 g/mol. The SMILES string of the molecule is c1cc2c(c(OCCC3=NCCN3)c1)CCCC2. The highest BCUT2D eigenvalue weighted by Gasteiger charge is 2.14. The van der Waals surface area contributed by atoms with Crippen molar-refractivity contribution in [1.82, 2.24) is 5.32 Å². The summed E-state index contributed by atoms with van der Waals surface area (Å²) in [5.74, 6) is 2.19. The molecule has 0 fully saturated rings. The van der Waals surface area contributed by atoms with Gasteiger partial charge in [-0.05, 0) is 42.9 Å². The molecule has 1 aliphatic carbocycles. The molecule has 1 N–H and O–H groups in total. The smallest absolute Gasteiger partial charge is 0.122 e. The normalized spacial score (nSPS) is 17.9. The average molecular weight is 244 g/mol. The van der Waals surface area contributed by atoms with E-state index >= 15 is 0 Å². The zero-order valence-corrected chi connectivity index (χ0v) is 10.7. The number of nitrogens with zero attached hydrogens (tertiary/aromatic N) is 1. The molecule has 2 aliphatic rings. The Bertz CT molecular complexity index is 454. The summed E-state index contributed by atoms with van der Waals surface area (Å²) in [4.78, 5) is 4.38. The highest BCUT2D eigenvalue weighted by atomic mass is 16.5. The van der Waals surface area contributed by atoms with Gasteiger partial charge < -0.3 is 10.1 Å². The molecule has 0 amide bonds. The average Bonchev–Trinajstić information content (AvgIpc) is 2.92. The molecule has 3 nitrogen and oxygen atoms in total. The second-order valence-electron chi connectivity index (χ2n) is 4.95. The van der Waals surface area contributed by atoms with E-state index in [0.717, 1.165) is 37.7 Å². The van der Waals surface area contributed by atoms with Gasteiger partial charge in [0.2, 0.25) is 0 Å². The molecule has 18 heavy (non-hydrogen) atoms. The number of hydrogen-bond donors (Lipinski definition) is 1. The van der Waals surface area contributed by atoms with Crippen LogP contribution < -0.4 is 10.1 Å². The van der Waals surface area contributed by atoms with Gasteiger partial charge >= 0.3 is 0 Å². The van der Waals surface area contributed by atoms with Crippen molar-refractivity contribution in [3.8, 4) is 5.75 Å². The maximum absolute atomic E-state index is 5.95. The van der Waals surface area contributed by atoms with Gasteiger partial charge in [-0.1, -0.05) is 12.1 Å². The van der Waals surface area contributed by atoms with E-state index in [-0.39, 0.29) is 0 Å². The molecule has 0 spiro atoms. The van der Waals surface area contributed by atoms with Crippen molar-refractivity contribution >= 4 is 5.84 Å². The lowest BCUT2D eigenvalue weighted by molar-refractivity contribution is 0.323. The summed E-state index contributed by atoms with van der Waals surface area (Å²) in [6, 6.07) is 6.46. The van der Waals surface area contributed by atoms with E-state index in [4.69, 9.17) is 4.74 Å². The second-order valence-corrected chi connectivity index (χ2v) is 4.95. The van der Waals surface area contributed by atoms with Crippen molar-refractivity contribution in [1.29, 1.82) is 0 Å². The van der Waals surface area contributed by atoms with Gasteiger partial charge in [0, 0.05) is 13.0 Å². The number of ether oxygens (including phenoxy) is 1. The number of benzene rings is 1. The van der Waals surface area contributed by atoms with Crippen molar-refractivity contribution in [3.63, 3.8) is 0 Å². The molecular formula is C15H20N2O. The molecule has 1 heterocycles. The summed E-state index contributed by atoms with van der Waals surface area (Å²) in [6.45, 7) is 2.62. The van der Waals surface area contributed by atoms with Gasteiger partial charge in [-0.3, -0.25) is 4.99 Å². The summed E-state index contributed by atoms with van der Waals surface area (Å²) < 4.78 is 5.95. The molecule has 96 valence electrons. The summed E-state index contributed by atoms with van der Waals surface area (Å²) in [5.41, 5.74) is 2.92. The number of amidine groups is 1. The number of aliphatic imine (C=N–C) groups is 1. The van der Waals surface area contributed by atoms with Crippen LogP contribution in [-0.4, -0.2) is 25.5 Å². The van der Waals surface area contributed by atoms with Crippen molar-refractivity contribution in [3.05, 3.63) is 29.3 Å². The van der Waals surface area contributed by atoms with Crippen LogP contribution in [0.3, 0.4) is 0 Å². The molecule has 1 aliphatic heterocycles. The lowest BCUT2D eigenvalue weighted by atomic mass is 9.91. The molecule has 1 aromatic rings. The fraction of sp³-hybridized carbons (Fsp3) is 0.533. The minimum Gasteiger partial charge on any atom is -0.493 e. The van der Waals surface area contributed by atoms with Crippen LogP contribution in [0, 0.1) is 0 Å². The molecule has 0 unspecified atom stereocenters. The van der Waals surface area contributed by atoms with Crippen LogP contribution in [0.1, 0.15) is 30.4 Å². The van der Waals surface area contributed by atoms with Crippen LogP contribution in [0.25, 0.3) is 0 Å². The Morgan fingerprint density at radius 1 is 1.22 bits per heavy atom. The van der Waals surface area contributed by atoms with Crippen LogP contribution in [0.2, 0.25) is 0 Å². The Morgan fingerprint density at radius 2 is 2.17 bits per heavy atom. The first-order valence-corrected chi connectivity index (χ1v) is 6.94. The largest absolute Gasteiger partial charge is 0.493 e. The minimum absolute atomic E-state index is 0.724. The Balaban J connectivity index is 1.62. The fourth-order valence-corrected chi connectivity index (χ4v) is 2.75. The van der Waals surface area contributed by atoms with E-state index in [2.05, 4.69) is 28.5 Å². The van der Waals surface area contributed by atoms with E-state index in [9.17, 15) is 0 Å². The summed E-state index contributed by atoms with van der Waals surface area (Å²) in [5, 5.41) is 3.28. The highest BCUT2D eigenvalue weighted by Crippen LogP contribution is 2.29. The van der Waals surface area contributed by atoms with E-state index in [1.165, 1.54) is 36.8 Å². The zero-order chi connectivity index (χ0) is 12.2. The zero-order valence-electron chi connectivity index (χ0n) is 10.7. The fourth-order valence-electron chi connectivity index (χ4n) is 2.75. The number of rotatable bonds is 4. The predicted octanol–water partition coefficient (Wildman–Crippen LogP) is 2.34. The van der Waals surface area contributed by atoms with Crippen LogP contribution in [0.4, 0.5) is 0 Å². The van der Waals surface area contributed by atoms with E-state index in [1.807, 2.05) is 0 Å². The third-order valence-electron chi connectivity index (χ3n) is 3.69. The first-order valence-electron chi connectivity index (χ1n) is 6.94. The summed E-state index contributed by atoms with van der Waals surface area (Å²) in [7, 11) is 0. The maximum atomic E-state index is 5.95. The summed E-state index contributed by atoms with van der Waals surface area (Å²) >= 11 is 0. The van der Waals surface area contributed by atoms with Gasteiger partial charge in [0.05, 0.1) is 19.0 Å². The molecule has 0 saturated carbocycles. The predicted molar refractivity (Wildman–Crippen MR) is 73.5 cm³/mol. The molecule has 1 aromatic carbocycles. The Morgan fingerprint density at radius 3 is 3.06 bits per heavy atom. The third kappa shape index (κ3) is 2.50. The van der Waals surface area contributed by atoms with Crippen molar-refractivity contribution < 1.29 is 4.74 Å². The van der Waals surface area contributed by atoms with Crippen molar-refractivity contribution in [2.24, 2.45) is 4.99 Å². The minimum atomic E-state index is 0.724. The third-order valence-corrected chi connectivity index (χ3v) is 3.69. The number of fused-ring (bicyclic) bond motifs is 1. The molecular weight excluding hydrogens is 224 g/mol. The van der Waals surface area contributed by atoms with Gasteiger partial charge in [0.15, 0.2) is 0 Å². The Kier molecular flexibility index (Phi) is 3.49. The number of nitrogens with one attached hydrogen (secondary N) is 1. The molecule has 0 saturated heterocycles. The van der Waals surface area contributed by atoms with Crippen LogP contribution in [0.5, 0.6) is 5.75 Å². The molecule has 0 atom stereocenters. The van der Waals surface area contributed by atoms with E-state index in [1.54, 1.807) is 0 Å². The van der Waals surface area contributed by atoms with E-state index in [0.29, 0.717) is 0 Å². The highest BCUT2D eigenvalue weighted by molar-refractivity contribution is 5.83. The van der Waals surface area contributed by atoms with E-state index < -0.39 is 0 Å². The van der Waals surface area contributed by atoms with Crippen LogP contribution in [-0.2, 0) is 12.8 Å². The van der Waals surface area contributed by atoms with Gasteiger partial charge in [-0.15, -0.1) is 0 Å². The first kappa shape index (κ1) is 11.6. The molecule has 0 aromatic heterocycles. The molecule has 3 rings (SSSR count). The molecule has 3 heteroatoms. The molecule has 0 bridgehead atoms. The lowest BCUT2D eigenvalue weighted by Gasteiger charge is -2.19. The van der Waals surface area contributed by atoms with Gasteiger partial charge in [0.1, 0.15) is 5.75 Å². The lowest BCUT2D eigenvalue weighted by Crippen LogP contribution is -2.20. The topological polar surface area (TPSA) is 33.6 Å². The molecule has 0 radical (unpaired) electrons. The standard InChI is InChI=1S/C15H20N2O/c1-2-6-13-12(4-1)5-3-7-14(13)18-11-8-15-16-9-10-17-15/h3,5,7H,1-2,4,6,8-11H2,(H,16,17). The number of aryl methyl sites for hydroxylation is 1. The quantitative estimate of drug-likeness (QED) is 0.882. The van der Waals surface area contributed by atoms with Crippen LogP contribution >= 0.6 is 0 Å². The van der Waals surface area contributed by atoms with Gasteiger partial charge in [0.25, 0.3) is 0 Å². The van der Waals surface area contributed by atoms with Gasteiger partial charge in [-0.25, -0.2) is 0 Å². The van der Waals surface area contributed by atoms with Crippen molar-refractivity contribution in [2.45, 2.75) is 32.1 Å². The first-order chi connectivity index (χ1) is 8.93. The van der Waals surface area contributed by atoms with Crippen molar-refractivity contribution in [2.75, 3.05) is 19.7 Å². The maximum Gasteiger partial charge on any atom is 0.122 e. The Labute approximate surface area is 108 Å².